The number of nitriles is 1. The van der Waals surface area contributed by atoms with Crippen LogP contribution in [0.3, 0.4) is 0 Å². The van der Waals surface area contributed by atoms with Crippen LogP contribution in [0.15, 0.2) is 4.99 Å². The third-order valence-corrected chi connectivity index (χ3v) is 1.16. The van der Waals surface area contributed by atoms with E-state index in [1.807, 2.05) is 6.07 Å². The first-order chi connectivity index (χ1) is 4.33. The van der Waals surface area contributed by atoms with Gasteiger partial charge in [0, 0.05) is 0 Å². The van der Waals surface area contributed by atoms with Crippen molar-refractivity contribution in [2.24, 2.45) is 10.7 Å². The van der Waals surface area contributed by atoms with Crippen LogP contribution in [0.5, 0.6) is 0 Å². The molecule has 0 amide bonds. The SMILES string of the molecule is N#CCC(N)=NC1CC1. The number of hydrogen-bond donors (Lipinski definition) is 1. The zero-order valence-electron chi connectivity index (χ0n) is 5.17. The average molecular weight is 123 g/mol. The molecule has 1 aliphatic carbocycles. The summed E-state index contributed by atoms with van der Waals surface area (Å²) < 4.78 is 0. The normalized spacial score (nSPS) is 19.2. The molecule has 2 N–H and O–H groups in total. The van der Waals surface area contributed by atoms with Crippen molar-refractivity contribution < 1.29 is 0 Å². The van der Waals surface area contributed by atoms with Gasteiger partial charge in [0.2, 0.25) is 0 Å². The third kappa shape index (κ3) is 2.13. The van der Waals surface area contributed by atoms with E-state index in [1.165, 1.54) is 0 Å². The van der Waals surface area contributed by atoms with E-state index in [-0.39, 0.29) is 6.42 Å². The molecule has 0 heterocycles. The lowest BCUT2D eigenvalue weighted by molar-refractivity contribution is 1.05. The molecule has 9 heavy (non-hydrogen) atoms. The molecule has 1 rings (SSSR count). The fourth-order valence-electron chi connectivity index (χ4n) is 0.565. The molecule has 0 aromatic heterocycles. The quantitative estimate of drug-likeness (QED) is 0.427. The Bertz CT molecular complexity index is 162. The minimum atomic E-state index is 0.274. The zero-order valence-corrected chi connectivity index (χ0v) is 5.17. The highest BCUT2D eigenvalue weighted by molar-refractivity contribution is 5.82. The van der Waals surface area contributed by atoms with Gasteiger partial charge in [0.05, 0.1) is 18.5 Å². The van der Waals surface area contributed by atoms with E-state index >= 15 is 0 Å². The van der Waals surface area contributed by atoms with Gasteiger partial charge in [-0.05, 0) is 12.8 Å². The molecular formula is C6H9N3. The third-order valence-electron chi connectivity index (χ3n) is 1.16. The molecule has 1 saturated carbocycles. The molecule has 0 bridgehead atoms. The summed E-state index contributed by atoms with van der Waals surface area (Å²) in [6.45, 7) is 0. The number of nitrogens with zero attached hydrogens (tertiary/aromatic N) is 2. The fraction of sp³-hybridized carbons (Fsp3) is 0.667. The largest absolute Gasteiger partial charge is 0.387 e. The van der Waals surface area contributed by atoms with Crippen molar-refractivity contribution in [1.29, 1.82) is 5.26 Å². The fourth-order valence-corrected chi connectivity index (χ4v) is 0.565. The van der Waals surface area contributed by atoms with Crippen molar-refractivity contribution in [2.45, 2.75) is 25.3 Å². The molecule has 0 aromatic carbocycles. The van der Waals surface area contributed by atoms with Crippen LogP contribution in [0.1, 0.15) is 19.3 Å². The molecule has 1 aliphatic rings. The molecule has 0 unspecified atom stereocenters. The lowest BCUT2D eigenvalue weighted by Crippen LogP contribution is -2.10. The van der Waals surface area contributed by atoms with Gasteiger partial charge < -0.3 is 5.73 Å². The summed E-state index contributed by atoms with van der Waals surface area (Å²) in [5.41, 5.74) is 5.35. The van der Waals surface area contributed by atoms with Crippen molar-refractivity contribution in [3.63, 3.8) is 0 Å². The summed E-state index contributed by atoms with van der Waals surface area (Å²) in [7, 11) is 0. The number of rotatable bonds is 2. The van der Waals surface area contributed by atoms with Crippen LogP contribution >= 0.6 is 0 Å². The van der Waals surface area contributed by atoms with Gasteiger partial charge in [-0.25, -0.2) is 0 Å². The summed E-state index contributed by atoms with van der Waals surface area (Å²) >= 11 is 0. The molecule has 48 valence electrons. The number of aliphatic imine (C=N–C) groups is 1. The van der Waals surface area contributed by atoms with E-state index in [4.69, 9.17) is 11.0 Å². The van der Waals surface area contributed by atoms with E-state index in [1.54, 1.807) is 0 Å². The first-order valence-corrected chi connectivity index (χ1v) is 3.02. The maximum Gasteiger partial charge on any atom is 0.108 e. The lowest BCUT2D eigenvalue weighted by Gasteiger charge is -1.88. The summed E-state index contributed by atoms with van der Waals surface area (Å²) in [6.07, 6.45) is 2.56. The second kappa shape index (κ2) is 2.49. The van der Waals surface area contributed by atoms with Gasteiger partial charge in [-0.1, -0.05) is 0 Å². The number of amidine groups is 1. The van der Waals surface area contributed by atoms with Crippen molar-refractivity contribution in [3.05, 3.63) is 0 Å². The number of nitrogens with two attached hydrogens (primary N) is 1. The minimum absolute atomic E-state index is 0.274. The minimum Gasteiger partial charge on any atom is -0.387 e. The van der Waals surface area contributed by atoms with Crippen LogP contribution in [-0.2, 0) is 0 Å². The predicted molar refractivity (Wildman–Crippen MR) is 34.9 cm³/mol. The van der Waals surface area contributed by atoms with Gasteiger partial charge in [-0.2, -0.15) is 5.26 Å². The summed E-state index contributed by atoms with van der Waals surface area (Å²) in [4.78, 5) is 4.05. The van der Waals surface area contributed by atoms with Gasteiger partial charge in [-0.15, -0.1) is 0 Å². The van der Waals surface area contributed by atoms with Crippen LogP contribution in [0.25, 0.3) is 0 Å². The lowest BCUT2D eigenvalue weighted by atomic mass is 10.4. The second-order valence-electron chi connectivity index (χ2n) is 2.19. The highest BCUT2D eigenvalue weighted by Gasteiger charge is 2.19. The molecule has 3 heteroatoms. The van der Waals surface area contributed by atoms with Gasteiger partial charge in [-0.3, -0.25) is 4.99 Å². The van der Waals surface area contributed by atoms with E-state index < -0.39 is 0 Å². The first kappa shape index (κ1) is 6.09. The molecule has 0 saturated heterocycles. The summed E-state index contributed by atoms with van der Waals surface area (Å²) in [5.74, 6) is 0.486. The smallest absolute Gasteiger partial charge is 0.108 e. The van der Waals surface area contributed by atoms with Crippen LogP contribution in [0, 0.1) is 11.3 Å². The molecule has 1 fully saturated rings. The van der Waals surface area contributed by atoms with Crippen LogP contribution in [-0.4, -0.2) is 11.9 Å². The Balaban J connectivity index is 2.30. The van der Waals surface area contributed by atoms with Crippen molar-refractivity contribution in [2.75, 3.05) is 0 Å². The van der Waals surface area contributed by atoms with Gasteiger partial charge in [0.1, 0.15) is 5.84 Å². The Morgan fingerprint density at radius 1 is 1.78 bits per heavy atom. The number of hydrogen-bond acceptors (Lipinski definition) is 2. The standard InChI is InChI=1S/C6H9N3/c7-4-3-6(8)9-5-1-2-5/h5H,1-3H2,(H2,8,9). The summed E-state index contributed by atoms with van der Waals surface area (Å²) in [6, 6.07) is 2.39. The first-order valence-electron chi connectivity index (χ1n) is 3.02. The Labute approximate surface area is 54.2 Å². The molecule has 0 spiro atoms. The Kier molecular flexibility index (Phi) is 1.69. The van der Waals surface area contributed by atoms with E-state index in [0.29, 0.717) is 11.9 Å². The van der Waals surface area contributed by atoms with E-state index in [0.717, 1.165) is 12.8 Å². The second-order valence-corrected chi connectivity index (χ2v) is 2.19. The van der Waals surface area contributed by atoms with Crippen LogP contribution < -0.4 is 5.73 Å². The van der Waals surface area contributed by atoms with Gasteiger partial charge in [0.25, 0.3) is 0 Å². The molecule has 0 atom stereocenters. The van der Waals surface area contributed by atoms with Crippen molar-refractivity contribution >= 4 is 5.84 Å². The van der Waals surface area contributed by atoms with Crippen molar-refractivity contribution in [1.82, 2.24) is 0 Å². The average Bonchev–Trinajstić information content (AvgIpc) is 2.50. The van der Waals surface area contributed by atoms with Crippen molar-refractivity contribution in [3.8, 4) is 6.07 Å². The summed E-state index contributed by atoms with van der Waals surface area (Å²) in [5, 5.41) is 8.16. The highest BCUT2D eigenvalue weighted by Crippen LogP contribution is 2.23. The molecule has 3 nitrogen and oxygen atoms in total. The Morgan fingerprint density at radius 2 is 2.44 bits per heavy atom. The highest BCUT2D eigenvalue weighted by atomic mass is 14.9. The van der Waals surface area contributed by atoms with Gasteiger partial charge >= 0.3 is 0 Å². The predicted octanol–water partition coefficient (Wildman–Crippen LogP) is 0.420. The van der Waals surface area contributed by atoms with Gasteiger partial charge in [0.15, 0.2) is 0 Å². The van der Waals surface area contributed by atoms with E-state index in [9.17, 15) is 0 Å². The van der Waals surface area contributed by atoms with Crippen LogP contribution in [0.4, 0.5) is 0 Å². The molecule has 0 aromatic rings. The van der Waals surface area contributed by atoms with Crippen LogP contribution in [0.2, 0.25) is 0 Å². The molecular weight excluding hydrogens is 114 g/mol. The Morgan fingerprint density at radius 3 is 2.89 bits per heavy atom. The molecule has 0 radical (unpaired) electrons. The maximum absolute atomic E-state index is 8.16. The Hall–Kier alpha value is -1.04. The monoisotopic (exact) mass is 123 g/mol. The zero-order chi connectivity index (χ0) is 6.69. The maximum atomic E-state index is 8.16. The van der Waals surface area contributed by atoms with E-state index in [2.05, 4.69) is 4.99 Å². The topological polar surface area (TPSA) is 62.2 Å². The molecule has 0 aliphatic heterocycles.